The number of hydrogen-bond donors (Lipinski definition) is 1. The minimum absolute atomic E-state index is 0.227. The van der Waals surface area contributed by atoms with Gasteiger partial charge in [0.15, 0.2) is 0 Å². The molecule has 0 atom stereocenters. The van der Waals surface area contributed by atoms with E-state index in [2.05, 4.69) is 10.3 Å². The van der Waals surface area contributed by atoms with E-state index in [0.29, 0.717) is 28.7 Å². The maximum atomic E-state index is 13.7. The first kappa shape index (κ1) is 17.1. The summed E-state index contributed by atoms with van der Waals surface area (Å²) in [6.45, 7) is 1.25. The van der Waals surface area contributed by atoms with Gasteiger partial charge in [-0.3, -0.25) is 4.79 Å². The molecule has 0 aliphatic carbocycles. The molecule has 0 aliphatic heterocycles. The zero-order valence-corrected chi connectivity index (χ0v) is 14.6. The maximum Gasteiger partial charge on any atom is 0.252 e. The van der Waals surface area contributed by atoms with Crippen molar-refractivity contribution in [1.29, 1.82) is 0 Å². The van der Waals surface area contributed by atoms with Gasteiger partial charge in [0, 0.05) is 31.7 Å². The molecule has 3 aromatic rings. The summed E-state index contributed by atoms with van der Waals surface area (Å²) in [7, 11) is 5.80. The molecule has 0 saturated heterocycles. The molecule has 6 heteroatoms. The van der Waals surface area contributed by atoms with Crippen molar-refractivity contribution in [3.63, 3.8) is 0 Å². The predicted molar refractivity (Wildman–Crippen MR) is 97.0 cm³/mol. The molecule has 130 valence electrons. The SMILES string of the molecule is CN(C)CCNC(=O)c1cc(-c2cccn2C)nc2ccc(F)cc12. The molecule has 0 unspecified atom stereocenters. The lowest BCUT2D eigenvalue weighted by atomic mass is 10.1. The minimum Gasteiger partial charge on any atom is -0.351 e. The van der Waals surface area contributed by atoms with Gasteiger partial charge in [0.2, 0.25) is 0 Å². The van der Waals surface area contributed by atoms with Gasteiger partial charge in [-0.15, -0.1) is 0 Å². The van der Waals surface area contributed by atoms with E-state index in [0.717, 1.165) is 12.2 Å². The molecule has 1 amide bonds. The Labute approximate surface area is 146 Å². The summed E-state index contributed by atoms with van der Waals surface area (Å²) in [5, 5.41) is 3.41. The highest BCUT2D eigenvalue weighted by atomic mass is 19.1. The molecule has 0 bridgehead atoms. The second-order valence-corrected chi connectivity index (χ2v) is 6.28. The Bertz CT molecular complexity index is 917. The lowest BCUT2D eigenvalue weighted by molar-refractivity contribution is 0.0952. The van der Waals surface area contributed by atoms with Crippen molar-refractivity contribution in [1.82, 2.24) is 19.8 Å². The van der Waals surface area contributed by atoms with Crippen molar-refractivity contribution in [3.8, 4) is 11.4 Å². The molecule has 5 nitrogen and oxygen atoms in total. The van der Waals surface area contributed by atoms with Gasteiger partial charge < -0.3 is 14.8 Å². The first-order chi connectivity index (χ1) is 12.0. The van der Waals surface area contributed by atoms with Crippen LogP contribution in [0.2, 0.25) is 0 Å². The summed E-state index contributed by atoms with van der Waals surface area (Å²) in [4.78, 5) is 19.3. The number of aryl methyl sites for hydroxylation is 1. The van der Waals surface area contributed by atoms with Gasteiger partial charge in [-0.2, -0.15) is 0 Å². The zero-order valence-electron chi connectivity index (χ0n) is 14.6. The summed E-state index contributed by atoms with van der Waals surface area (Å²) < 4.78 is 15.6. The largest absolute Gasteiger partial charge is 0.351 e. The number of nitrogens with one attached hydrogen (secondary N) is 1. The third-order valence-electron chi connectivity index (χ3n) is 4.07. The van der Waals surface area contributed by atoms with Crippen LogP contribution < -0.4 is 5.32 Å². The van der Waals surface area contributed by atoms with Crippen LogP contribution in [-0.4, -0.2) is 47.5 Å². The number of amides is 1. The molecule has 0 radical (unpaired) electrons. The average molecular weight is 340 g/mol. The topological polar surface area (TPSA) is 50.2 Å². The smallest absolute Gasteiger partial charge is 0.252 e. The second kappa shape index (κ2) is 7.03. The van der Waals surface area contributed by atoms with Crippen molar-refractivity contribution in [2.24, 2.45) is 7.05 Å². The van der Waals surface area contributed by atoms with Crippen molar-refractivity contribution < 1.29 is 9.18 Å². The Hall–Kier alpha value is -2.73. The fourth-order valence-electron chi connectivity index (χ4n) is 2.73. The molecule has 0 saturated carbocycles. The van der Waals surface area contributed by atoms with Crippen LogP contribution in [0.25, 0.3) is 22.3 Å². The van der Waals surface area contributed by atoms with Crippen LogP contribution in [0.1, 0.15) is 10.4 Å². The predicted octanol–water partition coefficient (Wildman–Crippen LogP) is 2.67. The monoisotopic (exact) mass is 340 g/mol. The average Bonchev–Trinajstić information content (AvgIpc) is 2.99. The standard InChI is InChI=1S/C19H21FN4O/c1-23(2)10-8-21-19(25)15-12-17(18-5-4-9-24(18)3)22-16-7-6-13(20)11-14(15)16/h4-7,9,11-12H,8,10H2,1-3H3,(H,21,25). The van der Waals surface area contributed by atoms with Gasteiger partial charge in [-0.1, -0.05) is 0 Å². The van der Waals surface area contributed by atoms with Gasteiger partial charge in [0.25, 0.3) is 5.91 Å². The highest BCUT2D eigenvalue weighted by Gasteiger charge is 2.15. The van der Waals surface area contributed by atoms with Crippen LogP contribution in [0.4, 0.5) is 4.39 Å². The number of pyridine rings is 1. The summed E-state index contributed by atoms with van der Waals surface area (Å²) in [5.74, 6) is -0.612. The van der Waals surface area contributed by atoms with Gasteiger partial charge in [0.1, 0.15) is 5.82 Å². The molecule has 2 aromatic heterocycles. The third kappa shape index (κ3) is 3.69. The summed E-state index contributed by atoms with van der Waals surface area (Å²) in [6, 6.07) is 9.90. The van der Waals surface area contributed by atoms with E-state index in [-0.39, 0.29) is 11.7 Å². The first-order valence-corrected chi connectivity index (χ1v) is 8.10. The quantitative estimate of drug-likeness (QED) is 0.777. The highest BCUT2D eigenvalue weighted by molar-refractivity contribution is 6.07. The van der Waals surface area contributed by atoms with Gasteiger partial charge >= 0.3 is 0 Å². The molecule has 1 N–H and O–H groups in total. The molecule has 2 heterocycles. The molecular weight excluding hydrogens is 319 g/mol. The number of hydrogen-bond acceptors (Lipinski definition) is 3. The Morgan fingerprint density at radius 1 is 1.28 bits per heavy atom. The summed E-state index contributed by atoms with van der Waals surface area (Å²) >= 11 is 0. The summed E-state index contributed by atoms with van der Waals surface area (Å²) in [5.41, 5.74) is 2.61. The van der Waals surface area contributed by atoms with E-state index in [9.17, 15) is 9.18 Å². The maximum absolute atomic E-state index is 13.7. The number of fused-ring (bicyclic) bond motifs is 1. The van der Waals surface area contributed by atoms with E-state index >= 15 is 0 Å². The van der Waals surface area contributed by atoms with E-state index in [1.165, 1.54) is 12.1 Å². The number of carbonyl (C=O) groups excluding carboxylic acids is 1. The van der Waals surface area contributed by atoms with E-state index in [4.69, 9.17) is 0 Å². The Kier molecular flexibility index (Phi) is 4.81. The normalized spacial score (nSPS) is 11.2. The van der Waals surface area contributed by atoms with E-state index in [1.54, 1.807) is 12.1 Å². The van der Waals surface area contributed by atoms with Gasteiger partial charge in [-0.05, 0) is 50.5 Å². The second-order valence-electron chi connectivity index (χ2n) is 6.28. The van der Waals surface area contributed by atoms with Crippen LogP contribution in [0.15, 0.2) is 42.6 Å². The van der Waals surface area contributed by atoms with Crippen LogP contribution in [-0.2, 0) is 7.05 Å². The number of aromatic nitrogens is 2. The lowest BCUT2D eigenvalue weighted by Gasteiger charge is -2.13. The van der Waals surface area contributed by atoms with Crippen LogP contribution >= 0.6 is 0 Å². The minimum atomic E-state index is -0.386. The fraction of sp³-hybridized carbons (Fsp3) is 0.263. The number of rotatable bonds is 5. The number of nitrogens with zero attached hydrogens (tertiary/aromatic N) is 3. The molecule has 1 aromatic carbocycles. The molecule has 25 heavy (non-hydrogen) atoms. The van der Waals surface area contributed by atoms with E-state index in [1.807, 2.05) is 48.9 Å². The van der Waals surface area contributed by atoms with Gasteiger partial charge in [-0.25, -0.2) is 9.37 Å². The molecule has 0 spiro atoms. The lowest BCUT2D eigenvalue weighted by Crippen LogP contribution is -2.31. The van der Waals surface area contributed by atoms with Crippen molar-refractivity contribution in [2.45, 2.75) is 0 Å². The Balaban J connectivity index is 2.06. The van der Waals surface area contributed by atoms with E-state index < -0.39 is 0 Å². The number of likely N-dealkylation sites (N-methyl/N-ethyl adjacent to an activating group) is 1. The Morgan fingerprint density at radius 2 is 2.08 bits per heavy atom. The number of benzene rings is 1. The first-order valence-electron chi connectivity index (χ1n) is 8.10. The zero-order chi connectivity index (χ0) is 18.0. The molecule has 0 fully saturated rings. The van der Waals surface area contributed by atoms with Crippen molar-refractivity contribution >= 4 is 16.8 Å². The van der Waals surface area contributed by atoms with Crippen molar-refractivity contribution in [2.75, 3.05) is 27.2 Å². The molecule has 0 aliphatic rings. The molecule has 3 rings (SSSR count). The molecular formula is C19H21FN4O. The number of halogens is 1. The van der Waals surface area contributed by atoms with Crippen LogP contribution in [0.3, 0.4) is 0 Å². The van der Waals surface area contributed by atoms with Gasteiger partial charge in [0.05, 0.1) is 22.5 Å². The number of carbonyl (C=O) groups is 1. The van der Waals surface area contributed by atoms with Crippen molar-refractivity contribution in [3.05, 3.63) is 54.0 Å². The fourth-order valence-corrected chi connectivity index (χ4v) is 2.73. The van der Waals surface area contributed by atoms with Crippen LogP contribution in [0, 0.1) is 5.82 Å². The van der Waals surface area contributed by atoms with Crippen LogP contribution in [0.5, 0.6) is 0 Å². The summed E-state index contributed by atoms with van der Waals surface area (Å²) in [6.07, 6.45) is 1.92. The third-order valence-corrected chi connectivity index (χ3v) is 4.07. The highest BCUT2D eigenvalue weighted by Crippen LogP contribution is 2.25. The Morgan fingerprint density at radius 3 is 2.76 bits per heavy atom.